The summed E-state index contributed by atoms with van der Waals surface area (Å²) in [7, 11) is 1.31. The Labute approximate surface area is 82.2 Å². The molecular formula is C9H14N2O3. The number of hydrogen-bond donors (Lipinski definition) is 1. The number of carbonyl (C=O) groups excluding carboxylic acids is 1. The Morgan fingerprint density at radius 1 is 1.71 bits per heavy atom. The Morgan fingerprint density at radius 3 is 2.79 bits per heavy atom. The van der Waals surface area contributed by atoms with E-state index < -0.39 is 17.4 Å². The first-order valence-electron chi connectivity index (χ1n) is 4.24. The van der Waals surface area contributed by atoms with Crippen LogP contribution in [0.15, 0.2) is 16.9 Å². The van der Waals surface area contributed by atoms with Gasteiger partial charge in [-0.1, -0.05) is 19.0 Å². The molecule has 0 aromatic carbocycles. The molecule has 1 aromatic rings. The van der Waals surface area contributed by atoms with Crippen molar-refractivity contribution in [1.82, 2.24) is 5.16 Å². The molecule has 0 amide bonds. The zero-order valence-electron chi connectivity index (χ0n) is 8.48. The van der Waals surface area contributed by atoms with Crippen molar-refractivity contribution in [2.75, 3.05) is 7.11 Å². The maximum Gasteiger partial charge on any atom is 0.323 e. The number of aromatic nitrogens is 1. The van der Waals surface area contributed by atoms with Crippen LogP contribution in [0.2, 0.25) is 0 Å². The summed E-state index contributed by atoms with van der Waals surface area (Å²) in [4.78, 5) is 11.2. The molecule has 0 spiro atoms. The Bertz CT molecular complexity index is 306. The molecule has 1 heterocycles. The highest BCUT2D eigenvalue weighted by atomic mass is 16.5. The molecule has 0 saturated carbocycles. The van der Waals surface area contributed by atoms with Crippen molar-refractivity contribution in [2.45, 2.75) is 25.3 Å². The minimum atomic E-state index is -0.752. The maximum absolute atomic E-state index is 11.2. The van der Waals surface area contributed by atoms with Crippen molar-refractivity contribution in [3.05, 3.63) is 18.0 Å². The van der Waals surface area contributed by atoms with E-state index in [1.165, 1.54) is 13.4 Å². The Kier molecular flexibility index (Phi) is 2.90. The quantitative estimate of drug-likeness (QED) is 0.713. The number of ether oxygens (including phenoxy) is 1. The zero-order valence-corrected chi connectivity index (χ0v) is 8.48. The second-order valence-corrected chi connectivity index (χ2v) is 3.61. The maximum atomic E-state index is 11.2. The SMILES string of the molecule is COC(=O)C(N)C(C)(C)c1ccon1. The van der Waals surface area contributed by atoms with Crippen LogP contribution in [0.5, 0.6) is 0 Å². The molecule has 0 bridgehead atoms. The molecule has 14 heavy (non-hydrogen) atoms. The van der Waals surface area contributed by atoms with Crippen LogP contribution in [0.3, 0.4) is 0 Å². The van der Waals surface area contributed by atoms with Crippen molar-refractivity contribution in [3.63, 3.8) is 0 Å². The first-order valence-corrected chi connectivity index (χ1v) is 4.24. The highest BCUT2D eigenvalue weighted by molar-refractivity contribution is 5.77. The van der Waals surface area contributed by atoms with Crippen LogP contribution in [0.4, 0.5) is 0 Å². The predicted octanol–water partition coefficient (Wildman–Crippen LogP) is 0.452. The van der Waals surface area contributed by atoms with Gasteiger partial charge in [-0.25, -0.2) is 0 Å². The number of esters is 1. The third kappa shape index (κ3) is 1.77. The van der Waals surface area contributed by atoms with E-state index in [1.807, 2.05) is 13.8 Å². The predicted molar refractivity (Wildman–Crippen MR) is 49.5 cm³/mol. The number of methoxy groups -OCH3 is 1. The molecule has 5 heteroatoms. The molecule has 0 aliphatic carbocycles. The molecule has 78 valence electrons. The molecule has 1 aromatic heterocycles. The summed E-state index contributed by atoms with van der Waals surface area (Å²) >= 11 is 0. The van der Waals surface area contributed by atoms with Gasteiger partial charge in [0.25, 0.3) is 0 Å². The van der Waals surface area contributed by atoms with Crippen molar-refractivity contribution in [3.8, 4) is 0 Å². The third-order valence-electron chi connectivity index (χ3n) is 2.33. The Balaban J connectivity index is 2.90. The van der Waals surface area contributed by atoms with Gasteiger partial charge in [-0.3, -0.25) is 4.79 Å². The summed E-state index contributed by atoms with van der Waals surface area (Å²) < 4.78 is 9.28. The van der Waals surface area contributed by atoms with Crippen LogP contribution in [0.1, 0.15) is 19.5 Å². The molecule has 0 fully saturated rings. The molecule has 5 nitrogen and oxygen atoms in total. The summed E-state index contributed by atoms with van der Waals surface area (Å²) in [6.45, 7) is 3.62. The lowest BCUT2D eigenvalue weighted by Gasteiger charge is -2.26. The summed E-state index contributed by atoms with van der Waals surface area (Å²) in [5.74, 6) is -0.460. The number of nitrogens with zero attached hydrogens (tertiary/aromatic N) is 1. The second kappa shape index (κ2) is 3.79. The van der Waals surface area contributed by atoms with E-state index in [4.69, 9.17) is 10.3 Å². The number of nitrogens with two attached hydrogens (primary N) is 1. The van der Waals surface area contributed by atoms with Gasteiger partial charge >= 0.3 is 5.97 Å². The molecule has 0 saturated heterocycles. The fraction of sp³-hybridized carbons (Fsp3) is 0.556. The Hall–Kier alpha value is -1.36. The first-order chi connectivity index (χ1) is 6.50. The smallest absolute Gasteiger partial charge is 0.323 e. The standard InChI is InChI=1S/C9H14N2O3/c1-9(2,6-4-5-14-11-6)7(10)8(12)13-3/h4-5,7H,10H2,1-3H3. The van der Waals surface area contributed by atoms with Gasteiger partial charge in [-0.15, -0.1) is 0 Å². The van der Waals surface area contributed by atoms with E-state index in [0.717, 1.165) is 0 Å². The molecule has 0 aliphatic rings. The van der Waals surface area contributed by atoms with Crippen LogP contribution in [-0.4, -0.2) is 24.3 Å². The largest absolute Gasteiger partial charge is 0.468 e. The van der Waals surface area contributed by atoms with Crippen LogP contribution in [0.25, 0.3) is 0 Å². The molecule has 1 rings (SSSR count). The first kappa shape index (κ1) is 10.7. The fourth-order valence-corrected chi connectivity index (χ4v) is 1.13. The molecular weight excluding hydrogens is 184 g/mol. The zero-order chi connectivity index (χ0) is 10.8. The second-order valence-electron chi connectivity index (χ2n) is 3.61. The summed E-state index contributed by atoms with van der Waals surface area (Å²) in [5.41, 5.74) is 5.78. The highest BCUT2D eigenvalue weighted by Gasteiger charge is 2.36. The lowest BCUT2D eigenvalue weighted by Crippen LogP contribution is -2.47. The average Bonchev–Trinajstić information content (AvgIpc) is 2.68. The van der Waals surface area contributed by atoms with E-state index in [9.17, 15) is 4.79 Å². The number of hydrogen-bond acceptors (Lipinski definition) is 5. The summed E-state index contributed by atoms with van der Waals surface area (Å²) in [5, 5.41) is 3.76. The Morgan fingerprint density at radius 2 is 2.36 bits per heavy atom. The van der Waals surface area contributed by atoms with Gasteiger partial charge in [0.2, 0.25) is 0 Å². The van der Waals surface area contributed by atoms with Crippen LogP contribution in [-0.2, 0) is 14.9 Å². The normalized spacial score (nSPS) is 13.7. The van der Waals surface area contributed by atoms with Gasteiger partial charge in [-0.05, 0) is 0 Å². The number of carbonyl (C=O) groups is 1. The lowest BCUT2D eigenvalue weighted by atomic mass is 9.82. The molecule has 1 unspecified atom stereocenters. The minimum absolute atomic E-state index is 0.460. The van der Waals surface area contributed by atoms with Gasteiger partial charge in [0.1, 0.15) is 12.3 Å². The third-order valence-corrected chi connectivity index (χ3v) is 2.33. The van der Waals surface area contributed by atoms with Crippen LogP contribution >= 0.6 is 0 Å². The van der Waals surface area contributed by atoms with Gasteiger partial charge in [-0.2, -0.15) is 0 Å². The summed E-state index contributed by atoms with van der Waals surface area (Å²) in [6, 6.07) is 0.931. The van der Waals surface area contributed by atoms with Crippen molar-refractivity contribution in [2.24, 2.45) is 5.73 Å². The van der Waals surface area contributed by atoms with E-state index in [2.05, 4.69) is 9.89 Å². The van der Waals surface area contributed by atoms with Crippen molar-refractivity contribution in [1.29, 1.82) is 0 Å². The number of rotatable bonds is 3. The highest BCUT2D eigenvalue weighted by Crippen LogP contribution is 2.24. The molecule has 1 atom stereocenters. The average molecular weight is 198 g/mol. The topological polar surface area (TPSA) is 78.4 Å². The van der Waals surface area contributed by atoms with Crippen LogP contribution in [0, 0.1) is 0 Å². The van der Waals surface area contributed by atoms with E-state index in [1.54, 1.807) is 6.07 Å². The van der Waals surface area contributed by atoms with E-state index in [0.29, 0.717) is 5.69 Å². The van der Waals surface area contributed by atoms with Gasteiger partial charge in [0.15, 0.2) is 0 Å². The molecule has 0 radical (unpaired) electrons. The van der Waals surface area contributed by atoms with Gasteiger partial charge in [0, 0.05) is 11.5 Å². The summed E-state index contributed by atoms with van der Waals surface area (Å²) in [6.07, 6.45) is 1.45. The molecule has 2 N–H and O–H groups in total. The molecule has 0 aliphatic heterocycles. The van der Waals surface area contributed by atoms with Gasteiger partial charge in [0.05, 0.1) is 12.8 Å². The fourth-order valence-electron chi connectivity index (χ4n) is 1.13. The van der Waals surface area contributed by atoms with Gasteiger partial charge < -0.3 is 15.0 Å². The monoisotopic (exact) mass is 198 g/mol. The van der Waals surface area contributed by atoms with Crippen molar-refractivity contribution < 1.29 is 14.1 Å². The minimum Gasteiger partial charge on any atom is -0.468 e. The van der Waals surface area contributed by atoms with E-state index in [-0.39, 0.29) is 0 Å². The lowest BCUT2D eigenvalue weighted by molar-refractivity contribution is -0.143. The van der Waals surface area contributed by atoms with Crippen molar-refractivity contribution >= 4 is 5.97 Å². The van der Waals surface area contributed by atoms with E-state index >= 15 is 0 Å². The van der Waals surface area contributed by atoms with Crippen LogP contribution < -0.4 is 5.73 Å².